The van der Waals surface area contributed by atoms with Crippen molar-refractivity contribution in [2.75, 3.05) is 0 Å². The van der Waals surface area contributed by atoms with Crippen molar-refractivity contribution < 1.29 is 0 Å². The Morgan fingerprint density at radius 1 is 1.17 bits per heavy atom. The molecule has 0 aromatic carbocycles. The zero-order valence-corrected chi connectivity index (χ0v) is 9.03. The predicted octanol–water partition coefficient (Wildman–Crippen LogP) is 4.39. The Hall–Kier alpha value is 0. The summed E-state index contributed by atoms with van der Waals surface area (Å²) in [7, 11) is 0. The van der Waals surface area contributed by atoms with Gasteiger partial charge in [0, 0.05) is 0 Å². The lowest BCUT2D eigenvalue weighted by molar-refractivity contribution is 0.239. The van der Waals surface area contributed by atoms with E-state index in [1.165, 1.54) is 44.9 Å². The third-order valence-corrected chi connectivity index (χ3v) is 3.67. The van der Waals surface area contributed by atoms with Gasteiger partial charge >= 0.3 is 0 Å². The molecule has 0 saturated heterocycles. The van der Waals surface area contributed by atoms with Gasteiger partial charge in [0.2, 0.25) is 0 Å². The molecule has 0 bridgehead atoms. The molecule has 0 N–H and O–H groups in total. The maximum atomic E-state index is 2.38. The van der Waals surface area contributed by atoms with Crippen molar-refractivity contribution in [3.8, 4) is 0 Å². The molecule has 0 aliphatic heterocycles. The molecule has 1 rings (SSSR count). The van der Waals surface area contributed by atoms with E-state index in [9.17, 15) is 0 Å². The van der Waals surface area contributed by atoms with Gasteiger partial charge in [0.05, 0.1) is 0 Å². The molecule has 0 heterocycles. The monoisotopic (exact) mass is 168 g/mol. The van der Waals surface area contributed by atoms with Crippen LogP contribution in [0.3, 0.4) is 0 Å². The van der Waals surface area contributed by atoms with Gasteiger partial charge in [-0.1, -0.05) is 46.5 Å². The number of hydrogen-bond acceptors (Lipinski definition) is 0. The second-order valence-corrected chi connectivity index (χ2v) is 4.99. The molecular formula is C12H24. The van der Waals surface area contributed by atoms with Gasteiger partial charge in [-0.25, -0.2) is 0 Å². The molecule has 0 heteroatoms. The van der Waals surface area contributed by atoms with Gasteiger partial charge in [0.25, 0.3) is 0 Å². The molecule has 12 heavy (non-hydrogen) atoms. The van der Waals surface area contributed by atoms with Gasteiger partial charge in [-0.3, -0.25) is 0 Å². The first-order chi connectivity index (χ1) is 5.68. The normalized spacial score (nSPS) is 22.0. The third-order valence-electron chi connectivity index (χ3n) is 3.67. The van der Waals surface area contributed by atoms with Crippen molar-refractivity contribution in [3.63, 3.8) is 0 Å². The molecule has 0 atom stereocenters. The van der Waals surface area contributed by atoms with Gasteiger partial charge < -0.3 is 0 Å². The minimum absolute atomic E-state index is 0.768. The fourth-order valence-corrected chi connectivity index (χ4v) is 2.50. The average Bonchev–Trinajstić information content (AvgIpc) is 2.50. The van der Waals surface area contributed by atoms with Crippen molar-refractivity contribution in [1.82, 2.24) is 0 Å². The fourth-order valence-electron chi connectivity index (χ4n) is 2.50. The van der Waals surface area contributed by atoms with Crippen molar-refractivity contribution in [3.05, 3.63) is 0 Å². The lowest BCUT2D eigenvalue weighted by Gasteiger charge is -2.28. The molecule has 0 spiro atoms. The summed E-state index contributed by atoms with van der Waals surface area (Å²) < 4.78 is 0. The van der Waals surface area contributed by atoms with Crippen LogP contribution in [0.15, 0.2) is 0 Å². The van der Waals surface area contributed by atoms with Crippen LogP contribution in [0.4, 0.5) is 0 Å². The summed E-state index contributed by atoms with van der Waals surface area (Å²) in [6, 6.07) is 0. The summed E-state index contributed by atoms with van der Waals surface area (Å²) in [6.07, 6.45) is 10.3. The van der Waals surface area contributed by atoms with Crippen LogP contribution in [0.2, 0.25) is 0 Å². The lowest BCUT2D eigenvalue weighted by Crippen LogP contribution is -2.15. The largest absolute Gasteiger partial charge is 0.0649 e. The highest BCUT2D eigenvalue weighted by molar-refractivity contribution is 4.83. The summed E-state index contributed by atoms with van der Waals surface area (Å²) in [5.41, 5.74) is 0.768. The summed E-state index contributed by atoms with van der Waals surface area (Å²) in [5, 5.41) is 0. The Kier molecular flexibility index (Phi) is 3.61. The summed E-state index contributed by atoms with van der Waals surface area (Å²) in [6.45, 7) is 7.07. The standard InChI is InChI=1S/C12H24/c1-4-12(8-5-6-9-12)10-7-11(2)3/h11H,4-10H2,1-3H3. The van der Waals surface area contributed by atoms with Gasteiger partial charge in [-0.05, 0) is 30.6 Å². The molecule has 0 radical (unpaired) electrons. The summed E-state index contributed by atoms with van der Waals surface area (Å²) >= 11 is 0. The van der Waals surface area contributed by atoms with Crippen LogP contribution in [0.25, 0.3) is 0 Å². The summed E-state index contributed by atoms with van der Waals surface area (Å²) in [5.74, 6) is 0.897. The van der Waals surface area contributed by atoms with E-state index in [2.05, 4.69) is 20.8 Å². The molecule has 0 amide bonds. The number of rotatable bonds is 4. The van der Waals surface area contributed by atoms with Crippen LogP contribution in [-0.4, -0.2) is 0 Å². The highest BCUT2D eigenvalue weighted by Crippen LogP contribution is 2.45. The topological polar surface area (TPSA) is 0 Å². The van der Waals surface area contributed by atoms with E-state index in [0.717, 1.165) is 11.3 Å². The Balaban J connectivity index is 2.34. The zero-order valence-electron chi connectivity index (χ0n) is 9.03. The van der Waals surface area contributed by atoms with Crippen LogP contribution >= 0.6 is 0 Å². The van der Waals surface area contributed by atoms with Crippen LogP contribution in [0.5, 0.6) is 0 Å². The van der Waals surface area contributed by atoms with E-state index in [-0.39, 0.29) is 0 Å². The highest BCUT2D eigenvalue weighted by atomic mass is 14.4. The van der Waals surface area contributed by atoms with Crippen LogP contribution in [-0.2, 0) is 0 Å². The smallest absolute Gasteiger partial charge is 0.0300 e. The molecule has 0 aromatic rings. The minimum atomic E-state index is 0.768. The second kappa shape index (κ2) is 4.30. The van der Waals surface area contributed by atoms with E-state index in [4.69, 9.17) is 0 Å². The van der Waals surface area contributed by atoms with Gasteiger partial charge in [0.15, 0.2) is 0 Å². The predicted molar refractivity (Wildman–Crippen MR) is 55.3 cm³/mol. The average molecular weight is 168 g/mol. The molecule has 1 fully saturated rings. The molecule has 1 aliphatic carbocycles. The third kappa shape index (κ3) is 2.50. The Bertz CT molecular complexity index is 118. The molecule has 1 saturated carbocycles. The molecule has 0 aromatic heterocycles. The van der Waals surface area contributed by atoms with Crippen molar-refractivity contribution in [1.29, 1.82) is 0 Å². The maximum Gasteiger partial charge on any atom is -0.0300 e. The molecule has 0 nitrogen and oxygen atoms in total. The lowest BCUT2D eigenvalue weighted by atomic mass is 9.78. The van der Waals surface area contributed by atoms with Crippen LogP contribution < -0.4 is 0 Å². The van der Waals surface area contributed by atoms with E-state index in [0.29, 0.717) is 0 Å². The zero-order chi connectivity index (χ0) is 9.03. The van der Waals surface area contributed by atoms with Crippen LogP contribution in [0.1, 0.15) is 65.7 Å². The maximum absolute atomic E-state index is 2.38. The molecule has 72 valence electrons. The van der Waals surface area contributed by atoms with Gasteiger partial charge in [-0.2, -0.15) is 0 Å². The molecule has 0 unspecified atom stereocenters. The van der Waals surface area contributed by atoms with E-state index in [1.54, 1.807) is 0 Å². The van der Waals surface area contributed by atoms with Gasteiger partial charge in [-0.15, -0.1) is 0 Å². The summed E-state index contributed by atoms with van der Waals surface area (Å²) in [4.78, 5) is 0. The Morgan fingerprint density at radius 3 is 2.17 bits per heavy atom. The first-order valence-electron chi connectivity index (χ1n) is 5.68. The Labute approximate surface area is 77.7 Å². The minimum Gasteiger partial charge on any atom is -0.0649 e. The number of hydrogen-bond donors (Lipinski definition) is 0. The highest BCUT2D eigenvalue weighted by Gasteiger charge is 2.31. The SMILES string of the molecule is CCC1(CCC(C)C)CCCC1. The van der Waals surface area contributed by atoms with Crippen LogP contribution in [0, 0.1) is 11.3 Å². The first kappa shape index (κ1) is 10.1. The second-order valence-electron chi connectivity index (χ2n) is 4.99. The fraction of sp³-hybridized carbons (Fsp3) is 1.00. The van der Waals surface area contributed by atoms with Crippen molar-refractivity contribution in [2.24, 2.45) is 11.3 Å². The molecule has 1 aliphatic rings. The quantitative estimate of drug-likeness (QED) is 0.584. The Morgan fingerprint density at radius 2 is 1.75 bits per heavy atom. The first-order valence-corrected chi connectivity index (χ1v) is 5.68. The van der Waals surface area contributed by atoms with Crippen molar-refractivity contribution >= 4 is 0 Å². The van der Waals surface area contributed by atoms with Gasteiger partial charge in [0.1, 0.15) is 0 Å². The molecular weight excluding hydrogens is 144 g/mol. The van der Waals surface area contributed by atoms with E-state index < -0.39 is 0 Å². The van der Waals surface area contributed by atoms with E-state index in [1.807, 2.05) is 0 Å². The van der Waals surface area contributed by atoms with Crippen molar-refractivity contribution in [2.45, 2.75) is 65.7 Å². The van der Waals surface area contributed by atoms with E-state index >= 15 is 0 Å².